The van der Waals surface area contributed by atoms with E-state index in [4.69, 9.17) is 5.11 Å². The minimum Gasteiger partial charge on any atom is -0.481 e. The number of benzene rings is 1. The summed E-state index contributed by atoms with van der Waals surface area (Å²) in [6.07, 6.45) is 4.36. The van der Waals surface area contributed by atoms with Gasteiger partial charge in [0.15, 0.2) is 0 Å². The number of halogens is 1. The van der Waals surface area contributed by atoms with Gasteiger partial charge < -0.3 is 5.11 Å². The molecule has 0 radical (unpaired) electrons. The van der Waals surface area contributed by atoms with Crippen LogP contribution in [0.25, 0.3) is 0 Å². The lowest BCUT2D eigenvalue weighted by molar-refractivity contribution is -0.141. The van der Waals surface area contributed by atoms with Gasteiger partial charge in [-0.3, -0.25) is 9.69 Å². The Morgan fingerprint density at radius 2 is 2.05 bits per heavy atom. The third-order valence-electron chi connectivity index (χ3n) is 4.35. The lowest BCUT2D eigenvalue weighted by Gasteiger charge is -2.33. The molecule has 1 aromatic rings. The van der Waals surface area contributed by atoms with Crippen LogP contribution in [0, 0.1) is 5.92 Å². The highest BCUT2D eigenvalue weighted by atomic mass is 35.5. The van der Waals surface area contributed by atoms with Crippen molar-refractivity contribution in [3.05, 3.63) is 35.4 Å². The number of hydrogen-bond donors (Lipinski definition) is 1. The number of aliphatic carboxylic acids is 1. The molecule has 2 unspecified atom stereocenters. The molecular formula is C15H20ClNO2. The highest BCUT2D eigenvalue weighted by Crippen LogP contribution is 2.36. The number of nitrogens with zero attached hydrogens (tertiary/aromatic N) is 1. The van der Waals surface area contributed by atoms with Gasteiger partial charge in [-0.1, -0.05) is 24.3 Å². The van der Waals surface area contributed by atoms with Crippen molar-refractivity contribution in [2.75, 3.05) is 13.1 Å². The number of aryl methyl sites for hydroxylation is 1. The van der Waals surface area contributed by atoms with E-state index in [0.717, 1.165) is 13.0 Å². The number of carbonyl (C=O) groups is 1. The molecule has 104 valence electrons. The highest BCUT2D eigenvalue weighted by Gasteiger charge is 2.34. The van der Waals surface area contributed by atoms with Gasteiger partial charge in [-0.25, -0.2) is 0 Å². The number of likely N-dealkylation sites (tertiary alicyclic amines) is 1. The largest absolute Gasteiger partial charge is 0.481 e. The second-order valence-electron chi connectivity index (χ2n) is 5.43. The molecule has 1 heterocycles. The van der Waals surface area contributed by atoms with E-state index in [1.807, 2.05) is 0 Å². The number of carboxylic acid groups (broad SMARTS) is 1. The van der Waals surface area contributed by atoms with Gasteiger partial charge in [0.05, 0.1) is 5.92 Å². The minimum absolute atomic E-state index is 0. The maximum absolute atomic E-state index is 11.0. The summed E-state index contributed by atoms with van der Waals surface area (Å²) in [5.41, 5.74) is 2.88. The van der Waals surface area contributed by atoms with Gasteiger partial charge in [0.1, 0.15) is 0 Å². The Hall–Kier alpha value is -1.06. The summed E-state index contributed by atoms with van der Waals surface area (Å²) >= 11 is 0. The van der Waals surface area contributed by atoms with E-state index in [9.17, 15) is 4.79 Å². The number of rotatable bonds is 2. The fraction of sp³-hybridized carbons (Fsp3) is 0.533. The summed E-state index contributed by atoms with van der Waals surface area (Å²) in [7, 11) is 0. The standard InChI is InChI=1S/C15H19NO2.ClH/c17-15(18)12-8-9-16(10-12)14-7-3-5-11-4-1-2-6-13(11)14;/h1-2,4,6,12,14H,3,5,7-10H2,(H,17,18);1H. The lowest BCUT2D eigenvalue weighted by atomic mass is 9.87. The van der Waals surface area contributed by atoms with Crippen LogP contribution in [0.3, 0.4) is 0 Å². The monoisotopic (exact) mass is 281 g/mol. The van der Waals surface area contributed by atoms with E-state index in [1.165, 1.54) is 30.4 Å². The van der Waals surface area contributed by atoms with E-state index in [-0.39, 0.29) is 18.3 Å². The van der Waals surface area contributed by atoms with Crippen molar-refractivity contribution < 1.29 is 9.90 Å². The van der Waals surface area contributed by atoms with Crippen LogP contribution in [0.4, 0.5) is 0 Å². The first kappa shape index (κ1) is 14.4. The Kier molecular flexibility index (Phi) is 4.48. The smallest absolute Gasteiger partial charge is 0.307 e. The van der Waals surface area contributed by atoms with E-state index in [2.05, 4.69) is 29.2 Å². The molecule has 1 N–H and O–H groups in total. The molecular weight excluding hydrogens is 262 g/mol. The molecule has 0 aromatic heterocycles. The average molecular weight is 282 g/mol. The van der Waals surface area contributed by atoms with Crippen LogP contribution in [0.2, 0.25) is 0 Å². The summed E-state index contributed by atoms with van der Waals surface area (Å²) in [4.78, 5) is 13.4. The normalized spacial score (nSPS) is 26.5. The Balaban J connectivity index is 0.00000133. The van der Waals surface area contributed by atoms with Crippen LogP contribution in [-0.4, -0.2) is 29.1 Å². The Labute approximate surface area is 120 Å². The SMILES string of the molecule is Cl.O=C(O)C1CCN(C2CCCc3ccccc32)C1. The predicted molar refractivity (Wildman–Crippen MR) is 76.7 cm³/mol. The summed E-state index contributed by atoms with van der Waals surface area (Å²) in [5.74, 6) is -0.805. The van der Waals surface area contributed by atoms with Crippen LogP contribution < -0.4 is 0 Å². The van der Waals surface area contributed by atoms with Gasteiger partial charge in [0.25, 0.3) is 0 Å². The molecule has 19 heavy (non-hydrogen) atoms. The van der Waals surface area contributed by atoms with Crippen molar-refractivity contribution >= 4 is 18.4 Å². The predicted octanol–water partition coefficient (Wildman–Crippen LogP) is 2.89. The maximum Gasteiger partial charge on any atom is 0.307 e. The zero-order chi connectivity index (χ0) is 12.5. The van der Waals surface area contributed by atoms with E-state index < -0.39 is 5.97 Å². The van der Waals surface area contributed by atoms with Gasteiger partial charge in [0, 0.05) is 12.6 Å². The first-order chi connectivity index (χ1) is 8.75. The van der Waals surface area contributed by atoms with Crippen molar-refractivity contribution in [1.82, 2.24) is 4.90 Å². The Bertz CT molecular complexity index is 463. The van der Waals surface area contributed by atoms with Crippen molar-refractivity contribution in [2.45, 2.75) is 31.7 Å². The van der Waals surface area contributed by atoms with Crippen molar-refractivity contribution in [1.29, 1.82) is 0 Å². The van der Waals surface area contributed by atoms with Crippen LogP contribution in [0.5, 0.6) is 0 Å². The third kappa shape index (κ3) is 2.77. The van der Waals surface area contributed by atoms with Gasteiger partial charge in [-0.2, -0.15) is 0 Å². The molecule has 2 aliphatic rings. The Morgan fingerprint density at radius 3 is 2.79 bits per heavy atom. The minimum atomic E-state index is -0.637. The van der Waals surface area contributed by atoms with Crippen molar-refractivity contribution in [3.8, 4) is 0 Å². The number of hydrogen-bond acceptors (Lipinski definition) is 2. The van der Waals surface area contributed by atoms with Crippen LogP contribution in [-0.2, 0) is 11.2 Å². The number of carboxylic acids is 1. The fourth-order valence-corrected chi connectivity index (χ4v) is 3.38. The quantitative estimate of drug-likeness (QED) is 0.906. The van der Waals surface area contributed by atoms with Gasteiger partial charge in [-0.15, -0.1) is 12.4 Å². The molecule has 4 heteroatoms. The first-order valence-corrected chi connectivity index (χ1v) is 6.80. The van der Waals surface area contributed by atoms with E-state index in [1.54, 1.807) is 0 Å². The second-order valence-corrected chi connectivity index (χ2v) is 5.43. The summed E-state index contributed by atoms with van der Waals surface area (Å²) < 4.78 is 0. The zero-order valence-electron chi connectivity index (χ0n) is 10.9. The van der Waals surface area contributed by atoms with E-state index in [0.29, 0.717) is 12.6 Å². The molecule has 2 atom stereocenters. The van der Waals surface area contributed by atoms with Crippen molar-refractivity contribution in [2.24, 2.45) is 5.92 Å². The fourth-order valence-electron chi connectivity index (χ4n) is 3.38. The topological polar surface area (TPSA) is 40.5 Å². The third-order valence-corrected chi connectivity index (χ3v) is 4.35. The van der Waals surface area contributed by atoms with Crippen LogP contribution >= 0.6 is 12.4 Å². The van der Waals surface area contributed by atoms with Gasteiger partial charge >= 0.3 is 5.97 Å². The number of fused-ring (bicyclic) bond motifs is 1. The summed E-state index contributed by atoms with van der Waals surface area (Å²) in [5, 5.41) is 9.10. The first-order valence-electron chi connectivity index (χ1n) is 6.80. The van der Waals surface area contributed by atoms with Crippen LogP contribution in [0.15, 0.2) is 24.3 Å². The van der Waals surface area contributed by atoms with Crippen molar-refractivity contribution in [3.63, 3.8) is 0 Å². The molecule has 0 bridgehead atoms. The summed E-state index contributed by atoms with van der Waals surface area (Å²) in [6.45, 7) is 1.64. The maximum atomic E-state index is 11.0. The molecule has 1 aromatic carbocycles. The second kappa shape index (κ2) is 5.93. The average Bonchev–Trinajstić information content (AvgIpc) is 2.87. The zero-order valence-corrected chi connectivity index (χ0v) is 11.7. The molecule has 1 aliphatic carbocycles. The molecule has 0 saturated carbocycles. The molecule has 3 nitrogen and oxygen atoms in total. The molecule has 1 fully saturated rings. The Morgan fingerprint density at radius 1 is 1.26 bits per heavy atom. The summed E-state index contributed by atoms with van der Waals surface area (Å²) in [6, 6.07) is 9.08. The molecule has 3 rings (SSSR count). The van der Waals surface area contributed by atoms with E-state index >= 15 is 0 Å². The molecule has 0 amide bonds. The van der Waals surface area contributed by atoms with Crippen LogP contribution in [0.1, 0.15) is 36.4 Å². The molecule has 1 saturated heterocycles. The van der Waals surface area contributed by atoms with Gasteiger partial charge in [-0.05, 0) is 43.4 Å². The van der Waals surface area contributed by atoms with Gasteiger partial charge in [0.2, 0.25) is 0 Å². The molecule has 1 aliphatic heterocycles. The highest BCUT2D eigenvalue weighted by molar-refractivity contribution is 5.85. The molecule has 0 spiro atoms. The lowest BCUT2D eigenvalue weighted by Crippen LogP contribution is -2.30.